The fraction of sp³-hybridized carbons (Fsp3) is 0.533. The Bertz CT molecular complexity index is 584. The zero-order valence-electron chi connectivity index (χ0n) is 11.9. The van der Waals surface area contributed by atoms with Gasteiger partial charge in [0.05, 0.1) is 17.3 Å². The maximum atomic E-state index is 12.7. The summed E-state index contributed by atoms with van der Waals surface area (Å²) in [6.45, 7) is 5.77. The van der Waals surface area contributed by atoms with E-state index < -0.39 is 16.4 Å². The van der Waals surface area contributed by atoms with E-state index in [1.54, 1.807) is 24.5 Å². The van der Waals surface area contributed by atoms with Gasteiger partial charge in [0.15, 0.2) is 5.60 Å². The largest absolute Gasteiger partial charge is 0.448 e. The lowest BCUT2D eigenvalue weighted by Crippen LogP contribution is -2.50. The van der Waals surface area contributed by atoms with E-state index in [-0.39, 0.29) is 11.9 Å². The van der Waals surface area contributed by atoms with Crippen LogP contribution in [-0.2, 0) is 14.3 Å². The molecule has 1 saturated heterocycles. The summed E-state index contributed by atoms with van der Waals surface area (Å²) in [5.41, 5.74) is -1.57. The number of ether oxygens (including phenoxy) is 1. The van der Waals surface area contributed by atoms with Crippen LogP contribution in [0.15, 0.2) is 24.5 Å². The Hall–Kier alpha value is -1.91. The Morgan fingerprint density at radius 3 is 2.60 bits per heavy atom. The van der Waals surface area contributed by atoms with Crippen LogP contribution in [0.5, 0.6) is 0 Å². The first-order valence-corrected chi connectivity index (χ1v) is 6.78. The van der Waals surface area contributed by atoms with Gasteiger partial charge in [-0.25, -0.2) is 0 Å². The molecule has 5 nitrogen and oxygen atoms in total. The maximum Gasteiger partial charge on any atom is 0.313 e. The molecule has 0 unspecified atom stereocenters. The molecule has 0 radical (unpaired) electrons. The van der Waals surface area contributed by atoms with Crippen LogP contribution < -0.4 is 5.32 Å². The van der Waals surface area contributed by atoms with Gasteiger partial charge in [0.1, 0.15) is 0 Å². The number of nitrogens with one attached hydrogen (secondary N) is 1. The molecule has 2 bridgehead atoms. The molecule has 2 aliphatic rings. The third kappa shape index (κ3) is 1.35. The van der Waals surface area contributed by atoms with Crippen molar-refractivity contribution in [2.75, 3.05) is 5.32 Å². The molecular weight excluding hydrogens is 256 g/mol. The van der Waals surface area contributed by atoms with Crippen LogP contribution in [0.25, 0.3) is 0 Å². The van der Waals surface area contributed by atoms with E-state index in [0.29, 0.717) is 18.5 Å². The van der Waals surface area contributed by atoms with E-state index in [1.807, 2.05) is 20.8 Å². The van der Waals surface area contributed by atoms with Crippen molar-refractivity contribution in [3.63, 3.8) is 0 Å². The van der Waals surface area contributed by atoms with E-state index in [0.717, 1.165) is 0 Å². The van der Waals surface area contributed by atoms with Gasteiger partial charge in [-0.3, -0.25) is 14.6 Å². The van der Waals surface area contributed by atoms with Crippen LogP contribution in [0.1, 0.15) is 33.6 Å². The molecule has 1 saturated carbocycles. The SMILES string of the molecule is CC1(C)[C@@]2(C(=O)Nc3cccnc3)CC[C@]1(C)C(=O)O2. The number of carbonyl (C=O) groups excluding carboxylic acids is 2. The Labute approximate surface area is 117 Å². The summed E-state index contributed by atoms with van der Waals surface area (Å²) in [7, 11) is 0. The molecule has 2 atom stereocenters. The van der Waals surface area contributed by atoms with E-state index in [1.165, 1.54) is 0 Å². The number of anilines is 1. The van der Waals surface area contributed by atoms with Gasteiger partial charge < -0.3 is 10.1 Å². The summed E-state index contributed by atoms with van der Waals surface area (Å²) in [4.78, 5) is 28.8. The number of amides is 1. The zero-order valence-corrected chi connectivity index (χ0v) is 11.9. The smallest absolute Gasteiger partial charge is 0.313 e. The van der Waals surface area contributed by atoms with Crippen LogP contribution >= 0.6 is 0 Å². The highest BCUT2D eigenvalue weighted by molar-refractivity contribution is 6.03. The highest BCUT2D eigenvalue weighted by Crippen LogP contribution is 2.65. The second kappa shape index (κ2) is 3.81. The molecule has 5 heteroatoms. The van der Waals surface area contributed by atoms with Crippen molar-refractivity contribution in [3.8, 4) is 0 Å². The molecule has 0 aromatic carbocycles. The Balaban J connectivity index is 1.94. The molecule has 20 heavy (non-hydrogen) atoms. The Morgan fingerprint density at radius 2 is 2.10 bits per heavy atom. The molecule has 1 aliphatic carbocycles. The van der Waals surface area contributed by atoms with Crippen LogP contribution in [0.2, 0.25) is 0 Å². The van der Waals surface area contributed by atoms with Crippen LogP contribution in [0, 0.1) is 10.8 Å². The number of aromatic nitrogens is 1. The normalized spacial score (nSPS) is 33.9. The predicted octanol–water partition coefficient (Wildman–Crippen LogP) is 2.14. The molecule has 2 fully saturated rings. The molecule has 2 heterocycles. The molecule has 1 aliphatic heterocycles. The van der Waals surface area contributed by atoms with Crippen LogP contribution in [0.4, 0.5) is 5.69 Å². The number of hydrogen-bond acceptors (Lipinski definition) is 4. The van der Waals surface area contributed by atoms with Gasteiger partial charge in [-0.15, -0.1) is 0 Å². The molecule has 1 aromatic heterocycles. The van der Waals surface area contributed by atoms with Gasteiger partial charge in [-0.1, -0.05) is 13.8 Å². The third-order valence-electron chi connectivity index (χ3n) is 5.37. The first-order chi connectivity index (χ1) is 9.33. The molecule has 1 amide bonds. The molecule has 3 rings (SSSR count). The topological polar surface area (TPSA) is 68.3 Å². The van der Waals surface area contributed by atoms with E-state index in [2.05, 4.69) is 10.3 Å². The van der Waals surface area contributed by atoms with Gasteiger partial charge >= 0.3 is 5.97 Å². The average molecular weight is 274 g/mol. The van der Waals surface area contributed by atoms with Gasteiger partial charge in [0, 0.05) is 11.6 Å². The number of rotatable bonds is 2. The van der Waals surface area contributed by atoms with Crippen molar-refractivity contribution in [2.45, 2.75) is 39.2 Å². The molecule has 0 spiro atoms. The number of nitrogens with zero attached hydrogens (tertiary/aromatic N) is 1. The van der Waals surface area contributed by atoms with Crippen molar-refractivity contribution in [1.82, 2.24) is 4.98 Å². The Kier molecular flexibility index (Phi) is 2.49. The lowest BCUT2D eigenvalue weighted by molar-refractivity contribution is -0.165. The highest BCUT2D eigenvalue weighted by Gasteiger charge is 2.75. The molecule has 106 valence electrons. The summed E-state index contributed by atoms with van der Waals surface area (Å²) >= 11 is 0. The number of esters is 1. The second-order valence-corrected chi connectivity index (χ2v) is 6.37. The van der Waals surface area contributed by atoms with E-state index in [4.69, 9.17) is 4.74 Å². The number of pyridine rings is 1. The summed E-state index contributed by atoms with van der Waals surface area (Å²) in [5, 5.41) is 2.82. The summed E-state index contributed by atoms with van der Waals surface area (Å²) in [5.74, 6) is -0.528. The number of hydrogen-bond donors (Lipinski definition) is 1. The van der Waals surface area contributed by atoms with E-state index in [9.17, 15) is 9.59 Å². The summed E-state index contributed by atoms with van der Waals surface area (Å²) < 4.78 is 5.53. The highest BCUT2D eigenvalue weighted by atomic mass is 16.6. The maximum absolute atomic E-state index is 12.7. The third-order valence-corrected chi connectivity index (χ3v) is 5.37. The molecular formula is C15H18N2O3. The van der Waals surface area contributed by atoms with Crippen LogP contribution in [-0.4, -0.2) is 22.5 Å². The Morgan fingerprint density at radius 1 is 1.35 bits per heavy atom. The first-order valence-electron chi connectivity index (χ1n) is 6.78. The van der Waals surface area contributed by atoms with Crippen molar-refractivity contribution >= 4 is 17.6 Å². The fourth-order valence-electron chi connectivity index (χ4n) is 3.42. The average Bonchev–Trinajstić information content (AvgIpc) is 2.70. The lowest BCUT2D eigenvalue weighted by atomic mass is 9.66. The minimum Gasteiger partial charge on any atom is -0.448 e. The number of carbonyl (C=O) groups is 2. The fourth-order valence-corrected chi connectivity index (χ4v) is 3.42. The van der Waals surface area contributed by atoms with Crippen molar-refractivity contribution in [1.29, 1.82) is 0 Å². The summed E-state index contributed by atoms with van der Waals surface area (Å²) in [6, 6.07) is 3.51. The minimum absolute atomic E-state index is 0.259. The molecule has 1 aromatic rings. The zero-order chi connectivity index (χ0) is 14.6. The minimum atomic E-state index is -1.07. The van der Waals surface area contributed by atoms with Gasteiger partial charge in [-0.05, 0) is 31.9 Å². The van der Waals surface area contributed by atoms with Gasteiger partial charge in [0.25, 0.3) is 5.91 Å². The van der Waals surface area contributed by atoms with E-state index >= 15 is 0 Å². The standard InChI is InChI=1S/C15H18N2O3/c1-13(2)14(3)6-7-15(13,20-12(14)19)11(18)17-10-5-4-8-16-9-10/h4-5,8-9H,6-7H2,1-3H3,(H,17,18)/t14-,15+/m1/s1. The number of fused-ring (bicyclic) bond motifs is 2. The first kappa shape index (κ1) is 13.1. The van der Waals surface area contributed by atoms with Gasteiger partial charge in [0.2, 0.25) is 0 Å². The van der Waals surface area contributed by atoms with Gasteiger partial charge in [-0.2, -0.15) is 0 Å². The lowest BCUT2D eigenvalue weighted by Gasteiger charge is -2.35. The van der Waals surface area contributed by atoms with Crippen molar-refractivity contribution in [2.24, 2.45) is 10.8 Å². The monoisotopic (exact) mass is 274 g/mol. The summed E-state index contributed by atoms with van der Waals surface area (Å²) in [6.07, 6.45) is 4.46. The molecule has 1 N–H and O–H groups in total. The van der Waals surface area contributed by atoms with Crippen molar-refractivity contribution < 1.29 is 14.3 Å². The quantitative estimate of drug-likeness (QED) is 0.839. The second-order valence-electron chi connectivity index (χ2n) is 6.37. The predicted molar refractivity (Wildman–Crippen MR) is 72.8 cm³/mol. The van der Waals surface area contributed by atoms with Crippen LogP contribution in [0.3, 0.4) is 0 Å². The van der Waals surface area contributed by atoms with Crippen molar-refractivity contribution in [3.05, 3.63) is 24.5 Å².